The first kappa shape index (κ1) is 23.0. The summed E-state index contributed by atoms with van der Waals surface area (Å²) in [5.41, 5.74) is 1.35. The lowest BCUT2D eigenvalue weighted by atomic mass is 9.97. The molecule has 0 saturated heterocycles. The Balaban J connectivity index is 1.41. The third-order valence-corrected chi connectivity index (χ3v) is 6.87. The molecule has 11 heteroatoms. The van der Waals surface area contributed by atoms with E-state index >= 15 is 0 Å². The van der Waals surface area contributed by atoms with E-state index in [1.807, 2.05) is 0 Å². The molecule has 10 nitrogen and oxygen atoms in total. The lowest BCUT2D eigenvalue weighted by Gasteiger charge is -2.26. The number of fused-ring (bicyclic) bond motifs is 3. The number of aryl methyl sites for hydroxylation is 3. The zero-order chi connectivity index (χ0) is 23.5. The number of nitrogens with zero attached hydrogens (tertiary/aromatic N) is 1. The van der Waals surface area contributed by atoms with Crippen LogP contribution < -0.4 is 16.2 Å². The van der Waals surface area contributed by atoms with Gasteiger partial charge in [0.2, 0.25) is 0 Å². The van der Waals surface area contributed by atoms with Crippen LogP contribution in [0.5, 0.6) is 0 Å². The van der Waals surface area contributed by atoms with Crippen molar-refractivity contribution in [1.82, 2.24) is 20.6 Å². The molecule has 0 radical (unpaired) electrons. The first-order valence-electron chi connectivity index (χ1n) is 11.0. The Labute approximate surface area is 193 Å². The van der Waals surface area contributed by atoms with Crippen LogP contribution >= 0.6 is 11.3 Å². The number of esters is 2. The number of H-pyrrole nitrogens is 1. The van der Waals surface area contributed by atoms with Crippen LogP contribution in [0.3, 0.4) is 0 Å². The molecule has 33 heavy (non-hydrogen) atoms. The highest BCUT2D eigenvalue weighted by Gasteiger charge is 2.30. The molecule has 2 aromatic heterocycles. The molecule has 3 heterocycles. The minimum atomic E-state index is -0.586. The third kappa shape index (κ3) is 4.92. The van der Waals surface area contributed by atoms with Crippen molar-refractivity contribution >= 4 is 39.5 Å². The number of carbonyl (C=O) groups is 3. The third-order valence-electron chi connectivity index (χ3n) is 5.68. The number of thiophene rings is 1. The Bertz CT molecular complexity index is 1200. The number of urea groups is 1. The summed E-state index contributed by atoms with van der Waals surface area (Å²) in [7, 11) is 0. The van der Waals surface area contributed by atoms with Crippen molar-refractivity contribution in [3.05, 3.63) is 37.9 Å². The highest BCUT2D eigenvalue weighted by molar-refractivity contribution is 7.18. The van der Waals surface area contributed by atoms with E-state index in [9.17, 15) is 19.2 Å². The lowest BCUT2D eigenvalue weighted by Crippen LogP contribution is -2.50. The van der Waals surface area contributed by atoms with Crippen molar-refractivity contribution in [2.75, 3.05) is 13.2 Å². The molecule has 3 N–H and O–H groups in total. The molecule has 176 valence electrons. The zero-order valence-electron chi connectivity index (χ0n) is 18.5. The van der Waals surface area contributed by atoms with Crippen molar-refractivity contribution in [3.63, 3.8) is 0 Å². The Morgan fingerprint density at radius 2 is 1.97 bits per heavy atom. The monoisotopic (exact) mass is 474 g/mol. The van der Waals surface area contributed by atoms with Gasteiger partial charge in [-0.15, -0.1) is 11.3 Å². The van der Waals surface area contributed by atoms with Gasteiger partial charge in [0.25, 0.3) is 5.56 Å². The summed E-state index contributed by atoms with van der Waals surface area (Å²) >= 11 is 1.56. The summed E-state index contributed by atoms with van der Waals surface area (Å²) in [6, 6.07) is -1.07. The smallest absolute Gasteiger partial charge is 0.338 e. The average molecular weight is 475 g/mol. The highest BCUT2D eigenvalue weighted by atomic mass is 32.1. The molecule has 0 aromatic carbocycles. The number of nitrogens with one attached hydrogen (secondary N) is 3. The number of carbonyl (C=O) groups excluding carboxylic acids is 3. The molecule has 0 bridgehead atoms. The second-order valence-electron chi connectivity index (χ2n) is 8.00. The van der Waals surface area contributed by atoms with E-state index in [1.54, 1.807) is 25.2 Å². The zero-order valence-corrected chi connectivity index (χ0v) is 19.4. The Kier molecular flexibility index (Phi) is 6.77. The molecule has 0 spiro atoms. The van der Waals surface area contributed by atoms with Crippen LogP contribution in [0.1, 0.15) is 49.4 Å². The van der Waals surface area contributed by atoms with E-state index in [0.717, 1.165) is 31.2 Å². The number of aromatic nitrogens is 2. The molecular formula is C22H26N4O6S. The van der Waals surface area contributed by atoms with E-state index in [-0.39, 0.29) is 42.9 Å². The van der Waals surface area contributed by atoms with Crippen LogP contribution in [0.25, 0.3) is 10.2 Å². The highest BCUT2D eigenvalue weighted by Crippen LogP contribution is 2.33. The predicted octanol–water partition coefficient (Wildman–Crippen LogP) is 1.86. The van der Waals surface area contributed by atoms with Gasteiger partial charge >= 0.3 is 18.0 Å². The van der Waals surface area contributed by atoms with Gasteiger partial charge in [-0.3, -0.25) is 9.59 Å². The molecule has 0 unspecified atom stereocenters. The summed E-state index contributed by atoms with van der Waals surface area (Å²) in [5, 5.41) is 5.77. The van der Waals surface area contributed by atoms with Crippen molar-refractivity contribution in [2.45, 2.75) is 58.4 Å². The van der Waals surface area contributed by atoms with Crippen molar-refractivity contribution in [3.8, 4) is 0 Å². The quantitative estimate of drug-likeness (QED) is 0.521. The van der Waals surface area contributed by atoms with Crippen molar-refractivity contribution in [2.24, 2.45) is 0 Å². The number of hydrogen-bond donors (Lipinski definition) is 3. The molecule has 1 atom stereocenters. The van der Waals surface area contributed by atoms with E-state index < -0.39 is 24.0 Å². The van der Waals surface area contributed by atoms with E-state index in [2.05, 4.69) is 20.6 Å². The van der Waals surface area contributed by atoms with Crippen LogP contribution in [0.15, 0.2) is 16.1 Å². The molecule has 1 aliphatic heterocycles. The predicted molar refractivity (Wildman–Crippen MR) is 121 cm³/mol. The SMILES string of the molecule is CCOC(=O)C1=C(COC(=O)CCc2nc3sc4c(c3c(=O)[nH]2)CCCC4)NC(=O)N[C@@H]1C. The Morgan fingerprint density at radius 3 is 2.76 bits per heavy atom. The van der Waals surface area contributed by atoms with Crippen molar-refractivity contribution in [1.29, 1.82) is 0 Å². The normalized spacial score (nSPS) is 17.9. The van der Waals surface area contributed by atoms with Gasteiger partial charge in [0.15, 0.2) is 0 Å². The fraction of sp³-hybridized carbons (Fsp3) is 0.500. The van der Waals surface area contributed by atoms with Gasteiger partial charge < -0.3 is 25.1 Å². The summed E-state index contributed by atoms with van der Waals surface area (Å²) in [6.45, 7) is 3.23. The van der Waals surface area contributed by atoms with Gasteiger partial charge in [-0.05, 0) is 45.1 Å². The minimum Gasteiger partial charge on any atom is -0.463 e. The molecule has 4 rings (SSSR count). The van der Waals surface area contributed by atoms with Crippen LogP contribution in [0.2, 0.25) is 0 Å². The number of hydrogen-bond acceptors (Lipinski definition) is 8. The number of ether oxygens (including phenoxy) is 2. The summed E-state index contributed by atoms with van der Waals surface area (Å²) in [6.07, 6.45) is 4.28. The maximum atomic E-state index is 12.6. The van der Waals surface area contributed by atoms with Gasteiger partial charge in [-0.1, -0.05) is 0 Å². The Hall–Kier alpha value is -3.21. The lowest BCUT2D eigenvalue weighted by molar-refractivity contribution is -0.143. The molecular weight excluding hydrogens is 448 g/mol. The second-order valence-corrected chi connectivity index (χ2v) is 9.08. The largest absolute Gasteiger partial charge is 0.463 e. The fourth-order valence-electron chi connectivity index (χ4n) is 4.17. The topological polar surface area (TPSA) is 139 Å². The minimum absolute atomic E-state index is 0.0106. The molecule has 2 aliphatic rings. The molecule has 2 amide bonds. The molecule has 0 saturated carbocycles. The number of amides is 2. The van der Waals surface area contributed by atoms with Gasteiger partial charge in [0, 0.05) is 11.3 Å². The van der Waals surface area contributed by atoms with Gasteiger partial charge in [0.1, 0.15) is 17.3 Å². The molecule has 2 aromatic rings. The summed E-state index contributed by atoms with van der Waals surface area (Å²) in [5.74, 6) is -0.699. The number of aromatic amines is 1. The number of rotatable bonds is 7. The summed E-state index contributed by atoms with van der Waals surface area (Å²) < 4.78 is 10.3. The first-order chi connectivity index (χ1) is 15.9. The molecule has 1 aliphatic carbocycles. The standard InChI is InChI=1S/C22H26N4O6S/c1-3-31-21(29)17-11(2)23-22(30)24-13(17)10-32-16(27)9-8-15-25-19(28)18-12-6-4-5-7-14(12)33-20(18)26-15/h11H,3-10H2,1-2H3,(H2,23,24,30)(H,25,26,28)/t11-/m1/s1. The summed E-state index contributed by atoms with van der Waals surface area (Å²) in [4.78, 5) is 58.3. The Morgan fingerprint density at radius 1 is 1.18 bits per heavy atom. The van der Waals surface area contributed by atoms with Crippen LogP contribution in [-0.4, -0.2) is 47.2 Å². The van der Waals surface area contributed by atoms with Crippen molar-refractivity contribution < 1.29 is 23.9 Å². The van der Waals surface area contributed by atoms with E-state index in [4.69, 9.17) is 9.47 Å². The van der Waals surface area contributed by atoms with Crippen LogP contribution in [0, 0.1) is 0 Å². The van der Waals surface area contributed by atoms with E-state index in [0.29, 0.717) is 16.0 Å². The van der Waals surface area contributed by atoms with Gasteiger partial charge in [0.05, 0.1) is 35.7 Å². The average Bonchev–Trinajstić information content (AvgIpc) is 3.14. The maximum absolute atomic E-state index is 12.6. The van der Waals surface area contributed by atoms with Gasteiger partial charge in [-0.2, -0.15) is 0 Å². The molecule has 0 fully saturated rings. The first-order valence-corrected chi connectivity index (χ1v) is 11.9. The maximum Gasteiger partial charge on any atom is 0.338 e. The second kappa shape index (κ2) is 9.74. The van der Waals surface area contributed by atoms with Crippen LogP contribution in [-0.2, 0) is 38.3 Å². The van der Waals surface area contributed by atoms with Gasteiger partial charge in [-0.25, -0.2) is 14.6 Å². The van der Waals surface area contributed by atoms with E-state index in [1.165, 1.54) is 4.88 Å². The fourth-order valence-corrected chi connectivity index (χ4v) is 5.45. The van der Waals surface area contributed by atoms with Crippen LogP contribution in [0.4, 0.5) is 4.79 Å².